The van der Waals surface area contributed by atoms with Crippen LogP contribution in [-0.4, -0.2) is 5.11 Å². The van der Waals surface area contributed by atoms with Crippen LogP contribution in [0.2, 0.25) is 0 Å². The van der Waals surface area contributed by atoms with E-state index in [0.717, 1.165) is 12.0 Å². The minimum atomic E-state index is -0.380. The van der Waals surface area contributed by atoms with Crippen LogP contribution >= 0.6 is 0 Å². The third-order valence-electron chi connectivity index (χ3n) is 3.76. The molecule has 2 unspecified atom stereocenters. The van der Waals surface area contributed by atoms with Crippen LogP contribution < -0.4 is 0 Å². The van der Waals surface area contributed by atoms with E-state index in [-0.39, 0.29) is 6.10 Å². The van der Waals surface area contributed by atoms with Crippen molar-refractivity contribution in [1.29, 1.82) is 0 Å². The average molecular weight is 242 g/mol. The van der Waals surface area contributed by atoms with Crippen molar-refractivity contribution < 1.29 is 5.11 Å². The van der Waals surface area contributed by atoms with Crippen molar-refractivity contribution in [3.63, 3.8) is 0 Å². The zero-order valence-corrected chi connectivity index (χ0v) is 10.9. The highest BCUT2D eigenvalue weighted by Gasteiger charge is 2.17. The van der Waals surface area contributed by atoms with Crippen molar-refractivity contribution in [3.05, 3.63) is 60.2 Å². The number of benzene rings is 1. The molecule has 1 N–H and O–H groups in total. The van der Waals surface area contributed by atoms with Crippen molar-refractivity contribution in [3.8, 4) is 0 Å². The molecule has 1 aliphatic rings. The predicted molar refractivity (Wildman–Crippen MR) is 76.3 cm³/mol. The van der Waals surface area contributed by atoms with Gasteiger partial charge in [-0.1, -0.05) is 54.6 Å². The van der Waals surface area contributed by atoms with Gasteiger partial charge >= 0.3 is 0 Å². The van der Waals surface area contributed by atoms with Crippen LogP contribution in [0, 0.1) is 5.92 Å². The molecular formula is C17H22O. The fourth-order valence-corrected chi connectivity index (χ4v) is 2.57. The van der Waals surface area contributed by atoms with Gasteiger partial charge in [-0.3, -0.25) is 0 Å². The molecule has 0 bridgehead atoms. The Labute approximate surface area is 110 Å². The Morgan fingerprint density at radius 2 is 2.06 bits per heavy atom. The molecule has 1 heteroatoms. The van der Waals surface area contributed by atoms with E-state index >= 15 is 0 Å². The van der Waals surface area contributed by atoms with Gasteiger partial charge in [0.1, 0.15) is 0 Å². The van der Waals surface area contributed by atoms with Gasteiger partial charge in [-0.25, -0.2) is 0 Å². The van der Waals surface area contributed by atoms with Crippen LogP contribution in [-0.2, 0) is 0 Å². The van der Waals surface area contributed by atoms with Crippen molar-refractivity contribution in [2.75, 3.05) is 0 Å². The maximum absolute atomic E-state index is 10.00. The van der Waals surface area contributed by atoms with E-state index in [2.05, 4.69) is 18.7 Å². The number of aliphatic hydroxyl groups excluding tert-OH is 1. The van der Waals surface area contributed by atoms with Gasteiger partial charge in [0.15, 0.2) is 0 Å². The first-order valence-electron chi connectivity index (χ1n) is 6.83. The van der Waals surface area contributed by atoms with Gasteiger partial charge in [-0.05, 0) is 43.6 Å². The molecule has 0 amide bonds. The Bertz CT molecular complexity index is 405. The summed E-state index contributed by atoms with van der Waals surface area (Å²) < 4.78 is 0. The Hall–Kier alpha value is -1.34. The highest BCUT2D eigenvalue weighted by atomic mass is 16.3. The summed E-state index contributed by atoms with van der Waals surface area (Å²) in [5.74, 6) is 0.676. The average Bonchev–Trinajstić information content (AvgIpc) is 2.81. The Kier molecular flexibility index (Phi) is 4.77. The van der Waals surface area contributed by atoms with Crippen LogP contribution in [0.25, 0.3) is 0 Å². The van der Waals surface area contributed by atoms with Crippen molar-refractivity contribution in [2.45, 2.75) is 38.2 Å². The van der Waals surface area contributed by atoms with Gasteiger partial charge < -0.3 is 5.11 Å². The minimum absolute atomic E-state index is 0.380. The van der Waals surface area contributed by atoms with E-state index in [1.807, 2.05) is 30.3 Å². The van der Waals surface area contributed by atoms with Crippen molar-refractivity contribution in [2.24, 2.45) is 5.92 Å². The number of rotatable bonds is 5. The second kappa shape index (κ2) is 6.55. The lowest BCUT2D eigenvalue weighted by atomic mass is 9.99. The van der Waals surface area contributed by atoms with Gasteiger partial charge in [0, 0.05) is 0 Å². The Morgan fingerprint density at radius 1 is 1.28 bits per heavy atom. The smallest absolute Gasteiger partial charge is 0.0824 e. The third kappa shape index (κ3) is 3.58. The van der Waals surface area contributed by atoms with Gasteiger partial charge in [-0.2, -0.15) is 0 Å². The van der Waals surface area contributed by atoms with Crippen LogP contribution in [0.15, 0.2) is 54.6 Å². The molecule has 0 saturated heterocycles. The lowest BCUT2D eigenvalue weighted by Gasteiger charge is -2.09. The highest BCUT2D eigenvalue weighted by molar-refractivity contribution is 5.18. The van der Waals surface area contributed by atoms with E-state index in [0.29, 0.717) is 12.3 Å². The zero-order chi connectivity index (χ0) is 12.8. The normalized spacial score (nSPS) is 21.6. The quantitative estimate of drug-likeness (QED) is 0.758. The number of hydrogen-bond donors (Lipinski definition) is 1. The van der Waals surface area contributed by atoms with E-state index in [9.17, 15) is 5.11 Å². The number of hydrogen-bond acceptors (Lipinski definition) is 1. The van der Waals surface area contributed by atoms with E-state index in [1.165, 1.54) is 24.8 Å². The van der Waals surface area contributed by atoms with Gasteiger partial charge in [0.25, 0.3) is 0 Å². The van der Waals surface area contributed by atoms with Crippen LogP contribution in [0.4, 0.5) is 0 Å². The largest absolute Gasteiger partial charge is 0.388 e. The molecule has 0 aliphatic heterocycles. The van der Waals surface area contributed by atoms with Gasteiger partial charge in [0.2, 0.25) is 0 Å². The molecule has 1 nitrogen and oxygen atoms in total. The first-order valence-corrected chi connectivity index (χ1v) is 6.83. The summed E-state index contributed by atoms with van der Waals surface area (Å²) in [6, 6.07) is 9.84. The van der Waals surface area contributed by atoms with E-state index in [4.69, 9.17) is 0 Å². The highest BCUT2D eigenvalue weighted by Crippen LogP contribution is 2.32. The molecule has 1 aromatic rings. The molecule has 2 rings (SSSR count). The molecule has 0 radical (unpaired) electrons. The second-order valence-electron chi connectivity index (χ2n) is 5.12. The number of aliphatic hydroxyl groups is 1. The lowest BCUT2D eigenvalue weighted by molar-refractivity contribution is 0.181. The molecule has 0 heterocycles. The topological polar surface area (TPSA) is 20.2 Å². The molecule has 18 heavy (non-hydrogen) atoms. The molecule has 96 valence electrons. The second-order valence-corrected chi connectivity index (χ2v) is 5.12. The first kappa shape index (κ1) is 13.1. The third-order valence-corrected chi connectivity index (χ3v) is 3.76. The van der Waals surface area contributed by atoms with E-state index in [1.54, 1.807) is 0 Å². The fourth-order valence-electron chi connectivity index (χ4n) is 2.57. The van der Waals surface area contributed by atoms with Crippen LogP contribution in [0.5, 0.6) is 0 Å². The van der Waals surface area contributed by atoms with Gasteiger partial charge in [0.05, 0.1) is 6.10 Å². The SMILES string of the molecule is C=C1CCCC1C/C=C/CC(O)c1ccccc1. The van der Waals surface area contributed by atoms with Crippen LogP contribution in [0.1, 0.15) is 43.8 Å². The summed E-state index contributed by atoms with van der Waals surface area (Å²) in [5.41, 5.74) is 2.40. The molecule has 1 aliphatic carbocycles. The Balaban J connectivity index is 1.76. The monoisotopic (exact) mass is 242 g/mol. The van der Waals surface area contributed by atoms with Crippen LogP contribution in [0.3, 0.4) is 0 Å². The fraction of sp³-hybridized carbons (Fsp3) is 0.412. The standard InChI is InChI=1S/C17H22O/c1-14-8-7-12-15(14)9-5-6-13-17(18)16-10-3-2-4-11-16/h2-6,10-11,15,17-18H,1,7-9,12-13H2/b6-5+. The zero-order valence-electron chi connectivity index (χ0n) is 10.9. The lowest BCUT2D eigenvalue weighted by Crippen LogP contribution is -1.96. The maximum atomic E-state index is 10.00. The molecule has 2 atom stereocenters. The summed E-state index contributed by atoms with van der Waals surface area (Å²) >= 11 is 0. The number of allylic oxidation sites excluding steroid dienone is 2. The molecule has 1 fully saturated rings. The van der Waals surface area contributed by atoms with Crippen molar-refractivity contribution >= 4 is 0 Å². The summed E-state index contributed by atoms with van der Waals surface area (Å²) in [7, 11) is 0. The maximum Gasteiger partial charge on any atom is 0.0824 e. The molecule has 0 aromatic heterocycles. The molecule has 0 spiro atoms. The van der Waals surface area contributed by atoms with E-state index < -0.39 is 0 Å². The van der Waals surface area contributed by atoms with Gasteiger partial charge in [-0.15, -0.1) is 0 Å². The molecular weight excluding hydrogens is 220 g/mol. The predicted octanol–water partition coefficient (Wildman–Crippen LogP) is 4.41. The molecule has 1 aromatic carbocycles. The van der Waals surface area contributed by atoms with Crippen molar-refractivity contribution in [1.82, 2.24) is 0 Å². The summed E-state index contributed by atoms with van der Waals surface area (Å²) in [6.07, 6.45) is 9.48. The Morgan fingerprint density at radius 3 is 2.72 bits per heavy atom. The molecule has 1 saturated carbocycles. The summed E-state index contributed by atoms with van der Waals surface area (Å²) in [5, 5.41) is 10.00. The minimum Gasteiger partial charge on any atom is -0.388 e. The summed E-state index contributed by atoms with van der Waals surface area (Å²) in [6.45, 7) is 4.11. The summed E-state index contributed by atoms with van der Waals surface area (Å²) in [4.78, 5) is 0. The first-order chi connectivity index (χ1) is 8.77.